The van der Waals surface area contributed by atoms with Gasteiger partial charge in [-0.1, -0.05) is 24.3 Å². The normalized spacial score (nSPS) is 16.4. The summed E-state index contributed by atoms with van der Waals surface area (Å²) in [5.74, 6) is 0.178. The molecule has 0 amide bonds. The molecule has 6 heteroatoms. The summed E-state index contributed by atoms with van der Waals surface area (Å²) in [7, 11) is 0. The van der Waals surface area contributed by atoms with Gasteiger partial charge >= 0.3 is 6.61 Å². The van der Waals surface area contributed by atoms with Crippen molar-refractivity contribution in [3.8, 4) is 5.75 Å². The zero-order valence-corrected chi connectivity index (χ0v) is 15.4. The molecule has 1 aromatic heterocycles. The average Bonchev–Trinajstić information content (AvgIpc) is 2.72. The fourth-order valence-electron chi connectivity index (χ4n) is 3.76. The number of benzene rings is 2. The standard InChI is InChI=1S/C22H22F2N2O2/c23-21(24)28-19-5-1-4-18(14-19)22(8-11-27-12-9-22)26-15-16-6-7-20-17(13-16)3-2-10-25-20/h1-7,10,13-14,21,26H,8-9,11-12,15H2. The largest absolute Gasteiger partial charge is 0.435 e. The zero-order valence-electron chi connectivity index (χ0n) is 15.4. The lowest BCUT2D eigenvalue weighted by Crippen LogP contribution is -2.46. The van der Waals surface area contributed by atoms with E-state index in [0.29, 0.717) is 19.8 Å². The van der Waals surface area contributed by atoms with E-state index in [1.807, 2.05) is 24.3 Å². The Hall–Kier alpha value is -2.57. The smallest absolute Gasteiger partial charge is 0.387 e. The van der Waals surface area contributed by atoms with Crippen LogP contribution in [-0.2, 0) is 16.8 Å². The number of alkyl halides is 2. The Morgan fingerprint density at radius 3 is 2.75 bits per heavy atom. The Kier molecular flexibility index (Phi) is 5.50. The number of pyridine rings is 1. The van der Waals surface area contributed by atoms with Crippen LogP contribution in [0.15, 0.2) is 60.8 Å². The highest BCUT2D eigenvalue weighted by Crippen LogP contribution is 2.34. The molecular formula is C22H22F2N2O2. The van der Waals surface area contributed by atoms with Crippen LogP contribution in [0.4, 0.5) is 8.78 Å². The maximum Gasteiger partial charge on any atom is 0.387 e. The first-order valence-corrected chi connectivity index (χ1v) is 9.36. The number of nitrogens with zero attached hydrogens (tertiary/aromatic N) is 1. The quantitative estimate of drug-likeness (QED) is 0.673. The fourth-order valence-corrected chi connectivity index (χ4v) is 3.76. The summed E-state index contributed by atoms with van der Waals surface area (Å²) in [4.78, 5) is 4.35. The van der Waals surface area contributed by atoms with Crippen LogP contribution in [0.5, 0.6) is 5.75 Å². The highest BCUT2D eigenvalue weighted by molar-refractivity contribution is 5.78. The Balaban J connectivity index is 1.58. The van der Waals surface area contributed by atoms with Crippen molar-refractivity contribution in [2.45, 2.75) is 31.5 Å². The first-order chi connectivity index (χ1) is 13.6. The van der Waals surface area contributed by atoms with Gasteiger partial charge in [-0.2, -0.15) is 8.78 Å². The molecule has 0 saturated carbocycles. The molecule has 1 aliphatic rings. The molecule has 2 aromatic carbocycles. The number of aromatic nitrogens is 1. The van der Waals surface area contributed by atoms with Gasteiger partial charge in [-0.25, -0.2) is 0 Å². The Bertz CT molecular complexity index is 942. The highest BCUT2D eigenvalue weighted by Gasteiger charge is 2.34. The van der Waals surface area contributed by atoms with Gasteiger partial charge in [-0.05, 0) is 54.3 Å². The molecule has 0 bridgehead atoms. The monoisotopic (exact) mass is 384 g/mol. The van der Waals surface area contributed by atoms with E-state index in [0.717, 1.165) is 34.9 Å². The van der Waals surface area contributed by atoms with Crippen LogP contribution in [-0.4, -0.2) is 24.8 Å². The Morgan fingerprint density at radius 1 is 1.07 bits per heavy atom. The van der Waals surface area contributed by atoms with E-state index in [1.165, 1.54) is 0 Å². The summed E-state index contributed by atoms with van der Waals surface area (Å²) in [6, 6.07) is 17.1. The lowest BCUT2D eigenvalue weighted by molar-refractivity contribution is -0.0500. The third-order valence-corrected chi connectivity index (χ3v) is 5.26. The summed E-state index contributed by atoms with van der Waals surface area (Å²) in [5.41, 5.74) is 2.70. The molecule has 4 nitrogen and oxygen atoms in total. The second-order valence-corrected chi connectivity index (χ2v) is 6.98. The Labute approximate surface area is 162 Å². The van der Waals surface area contributed by atoms with E-state index in [1.54, 1.807) is 24.4 Å². The van der Waals surface area contributed by atoms with Gasteiger partial charge in [0.1, 0.15) is 5.75 Å². The number of nitrogens with one attached hydrogen (secondary N) is 1. The van der Waals surface area contributed by atoms with E-state index >= 15 is 0 Å². The maximum absolute atomic E-state index is 12.6. The molecule has 0 unspecified atom stereocenters. The van der Waals surface area contributed by atoms with Crippen molar-refractivity contribution in [2.24, 2.45) is 0 Å². The predicted molar refractivity (Wildman–Crippen MR) is 103 cm³/mol. The van der Waals surface area contributed by atoms with E-state index < -0.39 is 6.61 Å². The van der Waals surface area contributed by atoms with Gasteiger partial charge in [-0.3, -0.25) is 4.98 Å². The lowest BCUT2D eigenvalue weighted by atomic mass is 9.82. The Morgan fingerprint density at radius 2 is 1.93 bits per heavy atom. The lowest BCUT2D eigenvalue weighted by Gasteiger charge is -2.39. The summed E-state index contributed by atoms with van der Waals surface area (Å²) in [6.07, 6.45) is 3.31. The van der Waals surface area contributed by atoms with Crippen molar-refractivity contribution >= 4 is 10.9 Å². The zero-order chi connectivity index (χ0) is 19.4. The number of rotatable bonds is 6. The predicted octanol–water partition coefficient (Wildman–Crippen LogP) is 4.63. The van der Waals surface area contributed by atoms with Crippen molar-refractivity contribution in [3.63, 3.8) is 0 Å². The summed E-state index contributed by atoms with van der Waals surface area (Å²) < 4.78 is 35.4. The molecule has 1 N–H and O–H groups in total. The van der Waals surface area contributed by atoms with E-state index in [9.17, 15) is 8.78 Å². The van der Waals surface area contributed by atoms with Crippen LogP contribution in [0, 0.1) is 0 Å². The fraction of sp³-hybridized carbons (Fsp3) is 0.318. The first-order valence-electron chi connectivity index (χ1n) is 9.36. The van der Waals surface area contributed by atoms with Crippen molar-refractivity contribution in [1.29, 1.82) is 0 Å². The third-order valence-electron chi connectivity index (χ3n) is 5.26. The molecule has 0 atom stereocenters. The summed E-state index contributed by atoms with van der Waals surface area (Å²) in [6.45, 7) is -0.937. The summed E-state index contributed by atoms with van der Waals surface area (Å²) in [5, 5.41) is 4.76. The molecule has 146 valence electrons. The van der Waals surface area contributed by atoms with Crippen LogP contribution in [0.2, 0.25) is 0 Å². The van der Waals surface area contributed by atoms with Gasteiger partial charge in [0, 0.05) is 36.9 Å². The minimum Gasteiger partial charge on any atom is -0.435 e. The van der Waals surface area contributed by atoms with Gasteiger partial charge in [0.25, 0.3) is 0 Å². The van der Waals surface area contributed by atoms with Crippen molar-refractivity contribution < 1.29 is 18.3 Å². The van der Waals surface area contributed by atoms with Gasteiger partial charge in [-0.15, -0.1) is 0 Å². The molecule has 2 heterocycles. The summed E-state index contributed by atoms with van der Waals surface area (Å²) >= 11 is 0. The number of hydrogen-bond donors (Lipinski definition) is 1. The number of ether oxygens (including phenoxy) is 2. The first kappa shape index (κ1) is 18.8. The van der Waals surface area contributed by atoms with Crippen molar-refractivity contribution in [1.82, 2.24) is 10.3 Å². The van der Waals surface area contributed by atoms with Gasteiger partial charge in [0.2, 0.25) is 0 Å². The molecule has 0 aliphatic carbocycles. The second kappa shape index (κ2) is 8.20. The van der Waals surface area contributed by atoms with Crippen LogP contribution in [0.25, 0.3) is 10.9 Å². The van der Waals surface area contributed by atoms with E-state index in [2.05, 4.69) is 27.2 Å². The second-order valence-electron chi connectivity index (χ2n) is 6.98. The number of halogens is 2. The van der Waals surface area contributed by atoms with Gasteiger partial charge < -0.3 is 14.8 Å². The molecule has 1 fully saturated rings. The van der Waals surface area contributed by atoms with Gasteiger partial charge in [0.15, 0.2) is 0 Å². The molecule has 4 rings (SSSR count). The maximum atomic E-state index is 12.6. The van der Waals surface area contributed by atoms with Gasteiger partial charge in [0.05, 0.1) is 5.52 Å². The van der Waals surface area contributed by atoms with Crippen molar-refractivity contribution in [3.05, 3.63) is 71.9 Å². The molecule has 1 aliphatic heterocycles. The highest BCUT2D eigenvalue weighted by atomic mass is 19.3. The molecule has 3 aromatic rings. The molecular weight excluding hydrogens is 362 g/mol. The van der Waals surface area contributed by atoms with Crippen LogP contribution < -0.4 is 10.1 Å². The molecule has 1 saturated heterocycles. The molecule has 0 radical (unpaired) electrons. The van der Waals surface area contributed by atoms with Crippen LogP contribution >= 0.6 is 0 Å². The topological polar surface area (TPSA) is 43.4 Å². The minimum atomic E-state index is -2.83. The van der Waals surface area contributed by atoms with Crippen molar-refractivity contribution in [2.75, 3.05) is 13.2 Å². The van der Waals surface area contributed by atoms with Crippen LogP contribution in [0.1, 0.15) is 24.0 Å². The van der Waals surface area contributed by atoms with E-state index in [4.69, 9.17) is 4.74 Å². The number of hydrogen-bond acceptors (Lipinski definition) is 4. The molecule has 0 spiro atoms. The minimum absolute atomic E-state index is 0.178. The van der Waals surface area contributed by atoms with Crippen LogP contribution in [0.3, 0.4) is 0 Å². The SMILES string of the molecule is FC(F)Oc1cccc(C2(NCc3ccc4ncccc4c3)CCOCC2)c1. The average molecular weight is 384 g/mol. The number of fused-ring (bicyclic) bond motifs is 1. The third kappa shape index (κ3) is 4.13. The molecule has 28 heavy (non-hydrogen) atoms. The van der Waals surface area contributed by atoms with E-state index in [-0.39, 0.29) is 11.3 Å².